The largest absolute Gasteiger partial charge is 0.313 e. The smallest absolute Gasteiger partial charge is 0.137 e. The highest BCUT2D eigenvalue weighted by atomic mass is 79.9. The molecule has 0 bridgehead atoms. The third kappa shape index (κ3) is 3.67. The Morgan fingerprint density at radius 1 is 1.36 bits per heavy atom. The van der Waals surface area contributed by atoms with Crippen molar-refractivity contribution >= 4 is 31.9 Å². The second-order valence-electron chi connectivity index (χ2n) is 2.93. The second kappa shape index (κ2) is 6.53. The number of hydrogen-bond acceptors (Lipinski definition) is 1. The summed E-state index contributed by atoms with van der Waals surface area (Å²) >= 11 is 6.58. The van der Waals surface area contributed by atoms with E-state index in [0.29, 0.717) is 11.0 Å². The lowest BCUT2D eigenvalue weighted by Crippen LogP contribution is -2.15. The van der Waals surface area contributed by atoms with Crippen LogP contribution in [0.4, 0.5) is 4.39 Å². The van der Waals surface area contributed by atoms with Gasteiger partial charge >= 0.3 is 0 Å². The Kier molecular flexibility index (Phi) is 5.67. The molecule has 0 heterocycles. The molecule has 0 saturated carbocycles. The van der Waals surface area contributed by atoms with Crippen molar-refractivity contribution in [3.05, 3.63) is 34.1 Å². The summed E-state index contributed by atoms with van der Waals surface area (Å²) in [5.74, 6) is -0.204. The van der Waals surface area contributed by atoms with Crippen LogP contribution in [0.3, 0.4) is 0 Å². The number of halogens is 3. The van der Waals surface area contributed by atoms with Gasteiger partial charge in [-0.15, -0.1) is 0 Å². The summed E-state index contributed by atoms with van der Waals surface area (Å²) < 4.78 is 13.6. The first kappa shape index (κ1) is 12.1. The molecule has 1 rings (SSSR count). The van der Waals surface area contributed by atoms with Crippen LogP contribution in [0.2, 0.25) is 0 Å². The van der Waals surface area contributed by atoms with Crippen molar-refractivity contribution in [3.63, 3.8) is 0 Å². The third-order valence-electron chi connectivity index (χ3n) is 1.83. The number of hydrogen-bond donors (Lipinski definition) is 1. The van der Waals surface area contributed by atoms with E-state index in [1.54, 1.807) is 6.07 Å². The summed E-state index contributed by atoms with van der Waals surface area (Å²) in [4.78, 5) is 0. The van der Waals surface area contributed by atoms with E-state index >= 15 is 0 Å². The maximum Gasteiger partial charge on any atom is 0.137 e. The topological polar surface area (TPSA) is 12.0 Å². The molecule has 0 aliphatic heterocycles. The van der Waals surface area contributed by atoms with E-state index in [4.69, 9.17) is 0 Å². The molecule has 1 nitrogen and oxygen atoms in total. The van der Waals surface area contributed by atoms with E-state index in [9.17, 15) is 4.39 Å². The first-order valence-electron chi connectivity index (χ1n) is 4.45. The molecule has 0 fully saturated rings. The maximum absolute atomic E-state index is 13.1. The van der Waals surface area contributed by atoms with Crippen molar-refractivity contribution in [1.29, 1.82) is 0 Å². The van der Waals surface area contributed by atoms with Crippen molar-refractivity contribution < 1.29 is 4.39 Å². The van der Waals surface area contributed by atoms with Gasteiger partial charge in [-0.2, -0.15) is 0 Å². The molecule has 4 heteroatoms. The van der Waals surface area contributed by atoms with Crippen molar-refractivity contribution in [2.45, 2.75) is 13.0 Å². The zero-order valence-corrected chi connectivity index (χ0v) is 10.9. The van der Waals surface area contributed by atoms with Crippen LogP contribution in [0.1, 0.15) is 12.0 Å². The summed E-state index contributed by atoms with van der Waals surface area (Å²) in [6.45, 7) is 1.64. The molecule has 78 valence electrons. The fourth-order valence-electron chi connectivity index (χ4n) is 1.10. The Morgan fingerprint density at radius 2 is 2.14 bits per heavy atom. The van der Waals surface area contributed by atoms with Crippen molar-refractivity contribution in [2.75, 3.05) is 11.9 Å². The fraction of sp³-hybridized carbons (Fsp3) is 0.400. The molecule has 14 heavy (non-hydrogen) atoms. The van der Waals surface area contributed by atoms with Gasteiger partial charge in [0, 0.05) is 11.9 Å². The zero-order valence-electron chi connectivity index (χ0n) is 7.69. The first-order chi connectivity index (χ1) is 6.75. The SMILES string of the molecule is Fc1cccc(CNCCCBr)c1Br. The molecule has 0 atom stereocenters. The highest BCUT2D eigenvalue weighted by molar-refractivity contribution is 9.10. The summed E-state index contributed by atoms with van der Waals surface area (Å²) in [6, 6.07) is 5.09. The number of rotatable bonds is 5. The molecule has 0 unspecified atom stereocenters. The van der Waals surface area contributed by atoms with E-state index in [2.05, 4.69) is 37.2 Å². The summed E-state index contributed by atoms with van der Waals surface area (Å²) in [6.07, 6.45) is 1.08. The first-order valence-corrected chi connectivity index (χ1v) is 6.36. The Morgan fingerprint density at radius 3 is 2.86 bits per heavy atom. The number of benzene rings is 1. The van der Waals surface area contributed by atoms with Gasteiger partial charge in [0.05, 0.1) is 4.47 Å². The van der Waals surface area contributed by atoms with Crippen LogP contribution in [0.25, 0.3) is 0 Å². The molecule has 1 aromatic carbocycles. The standard InChI is InChI=1S/C10H12Br2FN/c11-5-2-6-14-7-8-3-1-4-9(13)10(8)12/h1,3-4,14H,2,5-7H2. The van der Waals surface area contributed by atoms with Crippen LogP contribution in [0.15, 0.2) is 22.7 Å². The molecule has 0 aromatic heterocycles. The second-order valence-corrected chi connectivity index (χ2v) is 4.52. The lowest BCUT2D eigenvalue weighted by molar-refractivity contribution is 0.611. The van der Waals surface area contributed by atoms with Crippen LogP contribution in [0, 0.1) is 5.82 Å². The number of nitrogens with one attached hydrogen (secondary N) is 1. The van der Waals surface area contributed by atoms with E-state index in [1.165, 1.54) is 6.07 Å². The quantitative estimate of drug-likeness (QED) is 0.646. The molecule has 0 amide bonds. The van der Waals surface area contributed by atoms with Crippen LogP contribution in [-0.4, -0.2) is 11.9 Å². The molecular formula is C10H12Br2FN. The summed E-state index contributed by atoms with van der Waals surface area (Å²) in [7, 11) is 0. The molecular weight excluding hydrogens is 313 g/mol. The molecule has 0 radical (unpaired) electrons. The lowest BCUT2D eigenvalue weighted by Gasteiger charge is -2.06. The van der Waals surface area contributed by atoms with Gasteiger partial charge in [-0.3, -0.25) is 0 Å². The Bertz CT molecular complexity index is 291. The predicted octanol–water partition coefficient (Wildman–Crippen LogP) is 3.46. The maximum atomic E-state index is 13.1. The van der Waals surface area contributed by atoms with E-state index in [-0.39, 0.29) is 5.82 Å². The average molecular weight is 325 g/mol. The Balaban J connectivity index is 2.46. The molecule has 0 saturated heterocycles. The van der Waals surface area contributed by atoms with Gasteiger partial charge in [0.15, 0.2) is 0 Å². The van der Waals surface area contributed by atoms with E-state index in [0.717, 1.165) is 23.9 Å². The Labute approximate surface area is 100 Å². The minimum atomic E-state index is -0.204. The van der Waals surface area contributed by atoms with Gasteiger partial charge in [0.25, 0.3) is 0 Å². The van der Waals surface area contributed by atoms with Gasteiger partial charge in [-0.25, -0.2) is 4.39 Å². The van der Waals surface area contributed by atoms with E-state index < -0.39 is 0 Å². The van der Waals surface area contributed by atoms with Crippen molar-refractivity contribution in [2.24, 2.45) is 0 Å². The van der Waals surface area contributed by atoms with Crippen LogP contribution >= 0.6 is 31.9 Å². The van der Waals surface area contributed by atoms with E-state index in [1.807, 2.05) is 6.07 Å². The van der Waals surface area contributed by atoms with Crippen molar-refractivity contribution in [1.82, 2.24) is 5.32 Å². The summed E-state index contributed by atoms with van der Waals surface area (Å²) in [5.41, 5.74) is 0.958. The molecule has 0 spiro atoms. The Hall–Kier alpha value is 0.0700. The highest BCUT2D eigenvalue weighted by Gasteiger charge is 2.03. The molecule has 0 aliphatic carbocycles. The minimum absolute atomic E-state index is 0.204. The van der Waals surface area contributed by atoms with Crippen LogP contribution in [-0.2, 0) is 6.54 Å². The van der Waals surface area contributed by atoms with Gasteiger partial charge in [0.2, 0.25) is 0 Å². The van der Waals surface area contributed by atoms with Gasteiger partial charge in [-0.1, -0.05) is 28.1 Å². The average Bonchev–Trinajstić information content (AvgIpc) is 2.19. The highest BCUT2D eigenvalue weighted by Crippen LogP contribution is 2.19. The third-order valence-corrected chi connectivity index (χ3v) is 3.28. The predicted molar refractivity (Wildman–Crippen MR) is 64.2 cm³/mol. The monoisotopic (exact) mass is 323 g/mol. The lowest BCUT2D eigenvalue weighted by atomic mass is 10.2. The minimum Gasteiger partial charge on any atom is -0.313 e. The normalized spacial score (nSPS) is 10.5. The molecule has 0 aliphatic rings. The van der Waals surface area contributed by atoms with Gasteiger partial charge in [0.1, 0.15) is 5.82 Å². The van der Waals surface area contributed by atoms with Gasteiger partial charge < -0.3 is 5.32 Å². The van der Waals surface area contributed by atoms with Crippen LogP contribution in [0.5, 0.6) is 0 Å². The molecule has 1 N–H and O–H groups in total. The van der Waals surface area contributed by atoms with Gasteiger partial charge in [-0.05, 0) is 40.5 Å². The molecule has 1 aromatic rings. The zero-order chi connectivity index (χ0) is 10.4. The number of alkyl halides is 1. The fourth-order valence-corrected chi connectivity index (χ4v) is 1.78. The van der Waals surface area contributed by atoms with Crippen LogP contribution < -0.4 is 5.32 Å². The summed E-state index contributed by atoms with van der Waals surface area (Å²) in [5, 5.41) is 4.23. The van der Waals surface area contributed by atoms with Crippen molar-refractivity contribution in [3.8, 4) is 0 Å².